The highest BCUT2D eigenvalue weighted by Gasteiger charge is 2.09. The summed E-state index contributed by atoms with van der Waals surface area (Å²) in [6, 6.07) is 15.7. The molecule has 0 aliphatic rings. The van der Waals surface area contributed by atoms with E-state index < -0.39 is 5.97 Å². The van der Waals surface area contributed by atoms with Gasteiger partial charge in [-0.3, -0.25) is 0 Å². The molecule has 110 valence electrons. The van der Waals surface area contributed by atoms with Crippen molar-refractivity contribution in [2.75, 3.05) is 0 Å². The van der Waals surface area contributed by atoms with Crippen molar-refractivity contribution in [1.82, 2.24) is 15.2 Å². The van der Waals surface area contributed by atoms with Crippen molar-refractivity contribution in [1.29, 1.82) is 0 Å². The summed E-state index contributed by atoms with van der Waals surface area (Å²) in [5.41, 5.74) is 3.23. The maximum Gasteiger partial charge on any atom is 0.358 e. The topological polar surface area (TPSA) is 77.2 Å². The van der Waals surface area contributed by atoms with Crippen molar-refractivity contribution < 1.29 is 14.7 Å². The minimum Gasteiger partial charge on any atom is -0.476 e. The van der Waals surface area contributed by atoms with Crippen LogP contribution in [-0.2, 0) is 0 Å². The summed E-state index contributed by atoms with van der Waals surface area (Å²) in [5, 5.41) is 15.8. The zero-order valence-electron chi connectivity index (χ0n) is 11.8. The van der Waals surface area contributed by atoms with Crippen LogP contribution >= 0.6 is 0 Å². The second kappa shape index (κ2) is 5.69. The molecule has 6 nitrogen and oxygen atoms in total. The highest BCUT2D eigenvalue weighted by molar-refractivity contribution is 5.84. The van der Waals surface area contributed by atoms with E-state index in [0.717, 1.165) is 16.0 Å². The van der Waals surface area contributed by atoms with Gasteiger partial charge in [-0.05, 0) is 35.4 Å². The first-order valence-electron chi connectivity index (χ1n) is 6.63. The van der Waals surface area contributed by atoms with E-state index in [-0.39, 0.29) is 5.69 Å². The predicted molar refractivity (Wildman–Crippen MR) is 79.6 cm³/mol. The van der Waals surface area contributed by atoms with Gasteiger partial charge in [-0.25, -0.2) is 4.79 Å². The van der Waals surface area contributed by atoms with E-state index in [2.05, 4.69) is 34.6 Å². The molecule has 0 aliphatic heterocycles. The third-order valence-electron chi connectivity index (χ3n) is 3.13. The molecule has 1 heterocycles. The van der Waals surface area contributed by atoms with E-state index >= 15 is 0 Å². The van der Waals surface area contributed by atoms with Crippen LogP contribution in [0.3, 0.4) is 0 Å². The number of nitrogens with zero attached hydrogens (tertiary/aromatic N) is 3. The van der Waals surface area contributed by atoms with Crippen LogP contribution in [0.5, 0.6) is 5.75 Å². The molecule has 6 heteroatoms. The van der Waals surface area contributed by atoms with Crippen molar-refractivity contribution in [3.63, 3.8) is 0 Å². The van der Waals surface area contributed by atoms with Gasteiger partial charge in [0.05, 0.1) is 0 Å². The Bertz CT molecular complexity index is 792. The second-order valence-electron chi connectivity index (χ2n) is 4.79. The summed E-state index contributed by atoms with van der Waals surface area (Å²) in [6.07, 6.45) is 1.20. The van der Waals surface area contributed by atoms with Crippen LogP contribution in [-0.4, -0.2) is 26.2 Å². The monoisotopic (exact) mass is 295 g/mol. The van der Waals surface area contributed by atoms with E-state index in [0.29, 0.717) is 5.75 Å². The molecule has 0 saturated heterocycles. The summed E-state index contributed by atoms with van der Waals surface area (Å²) in [4.78, 5) is 17.1. The third kappa shape index (κ3) is 2.95. The van der Waals surface area contributed by atoms with Gasteiger partial charge in [0.25, 0.3) is 0 Å². The van der Waals surface area contributed by atoms with Gasteiger partial charge >= 0.3 is 5.97 Å². The van der Waals surface area contributed by atoms with Gasteiger partial charge in [-0.1, -0.05) is 46.8 Å². The van der Waals surface area contributed by atoms with Crippen LogP contribution < -0.4 is 4.84 Å². The molecular formula is C16H13N3O3. The number of aromatic nitrogens is 3. The molecule has 22 heavy (non-hydrogen) atoms. The Labute approximate surface area is 126 Å². The number of rotatable bonds is 4. The van der Waals surface area contributed by atoms with E-state index in [1.807, 2.05) is 19.1 Å². The molecule has 0 fully saturated rings. The predicted octanol–water partition coefficient (Wildman–Crippen LogP) is 2.79. The van der Waals surface area contributed by atoms with Gasteiger partial charge < -0.3 is 9.94 Å². The average molecular weight is 295 g/mol. The van der Waals surface area contributed by atoms with Crippen LogP contribution in [0.25, 0.3) is 11.1 Å². The molecule has 2 aromatic carbocycles. The van der Waals surface area contributed by atoms with Crippen molar-refractivity contribution in [3.8, 4) is 16.9 Å². The molecule has 0 unspecified atom stereocenters. The van der Waals surface area contributed by atoms with Crippen LogP contribution in [0, 0.1) is 6.92 Å². The van der Waals surface area contributed by atoms with Gasteiger partial charge in [0.2, 0.25) is 0 Å². The Morgan fingerprint density at radius 3 is 2.18 bits per heavy atom. The lowest BCUT2D eigenvalue weighted by atomic mass is 10.0. The molecule has 0 bridgehead atoms. The number of aromatic carboxylic acids is 1. The highest BCUT2D eigenvalue weighted by atomic mass is 16.7. The van der Waals surface area contributed by atoms with E-state index in [1.165, 1.54) is 11.8 Å². The fourth-order valence-electron chi connectivity index (χ4n) is 1.95. The van der Waals surface area contributed by atoms with Crippen molar-refractivity contribution in [3.05, 3.63) is 66.0 Å². The Balaban J connectivity index is 1.76. The Morgan fingerprint density at radius 2 is 1.64 bits per heavy atom. The molecule has 1 N–H and O–H groups in total. The number of carboxylic acids is 1. The maximum atomic E-state index is 10.7. The Hall–Kier alpha value is -3.15. The van der Waals surface area contributed by atoms with E-state index in [1.54, 1.807) is 12.1 Å². The number of carbonyl (C=O) groups is 1. The molecule has 1 aromatic heterocycles. The normalized spacial score (nSPS) is 10.4. The molecule has 3 rings (SSSR count). The summed E-state index contributed by atoms with van der Waals surface area (Å²) in [6.45, 7) is 2.05. The fraction of sp³-hybridized carbons (Fsp3) is 0.0625. The summed E-state index contributed by atoms with van der Waals surface area (Å²) >= 11 is 0. The lowest BCUT2D eigenvalue weighted by Crippen LogP contribution is -2.05. The quantitative estimate of drug-likeness (QED) is 0.800. The lowest BCUT2D eigenvalue weighted by Gasteiger charge is -2.05. The first kappa shape index (κ1) is 13.8. The van der Waals surface area contributed by atoms with Crippen LogP contribution in [0.2, 0.25) is 0 Å². The zero-order chi connectivity index (χ0) is 15.5. The van der Waals surface area contributed by atoms with Gasteiger partial charge in [-0.15, -0.1) is 5.10 Å². The fourth-order valence-corrected chi connectivity index (χ4v) is 1.95. The number of carboxylic acid groups (broad SMARTS) is 1. The molecule has 0 radical (unpaired) electrons. The minimum atomic E-state index is -1.15. The molecule has 0 spiro atoms. The number of hydrogen-bond acceptors (Lipinski definition) is 4. The largest absolute Gasteiger partial charge is 0.476 e. The van der Waals surface area contributed by atoms with Gasteiger partial charge in [-0.2, -0.15) is 0 Å². The van der Waals surface area contributed by atoms with Gasteiger partial charge in [0, 0.05) is 0 Å². The van der Waals surface area contributed by atoms with Crippen LogP contribution in [0.1, 0.15) is 16.1 Å². The second-order valence-corrected chi connectivity index (χ2v) is 4.79. The lowest BCUT2D eigenvalue weighted by molar-refractivity contribution is 0.0690. The minimum absolute atomic E-state index is 0.170. The molecule has 0 atom stereocenters. The van der Waals surface area contributed by atoms with E-state index in [4.69, 9.17) is 9.94 Å². The first-order chi connectivity index (χ1) is 10.6. The number of benzene rings is 2. The standard InChI is InChI=1S/C16H13N3O3/c1-11-2-4-12(5-3-11)13-6-8-14(9-7-13)22-19-10-15(16(20)21)17-18-19/h2-10H,1H3,(H,20,21). The van der Waals surface area contributed by atoms with Crippen molar-refractivity contribution in [2.45, 2.75) is 6.92 Å². The van der Waals surface area contributed by atoms with Crippen LogP contribution in [0.15, 0.2) is 54.7 Å². The molecular weight excluding hydrogens is 282 g/mol. The Kier molecular flexibility index (Phi) is 3.57. The molecule has 0 amide bonds. The molecule has 0 aliphatic carbocycles. The van der Waals surface area contributed by atoms with Crippen molar-refractivity contribution in [2.24, 2.45) is 0 Å². The van der Waals surface area contributed by atoms with Crippen LogP contribution in [0.4, 0.5) is 0 Å². The molecule has 0 saturated carbocycles. The highest BCUT2D eigenvalue weighted by Crippen LogP contribution is 2.22. The summed E-state index contributed by atoms with van der Waals surface area (Å²) in [5.74, 6) is -0.609. The average Bonchev–Trinajstić information content (AvgIpc) is 2.98. The smallest absolute Gasteiger partial charge is 0.358 e. The summed E-state index contributed by atoms with van der Waals surface area (Å²) in [7, 11) is 0. The first-order valence-corrected chi connectivity index (χ1v) is 6.63. The third-order valence-corrected chi connectivity index (χ3v) is 3.13. The van der Waals surface area contributed by atoms with E-state index in [9.17, 15) is 4.79 Å². The number of hydrogen-bond donors (Lipinski definition) is 1. The zero-order valence-corrected chi connectivity index (χ0v) is 11.8. The SMILES string of the molecule is Cc1ccc(-c2ccc(On3cc(C(=O)O)nn3)cc2)cc1. The maximum absolute atomic E-state index is 10.7. The van der Waals surface area contributed by atoms with Gasteiger partial charge in [0.15, 0.2) is 11.4 Å². The Morgan fingerprint density at radius 1 is 1.05 bits per heavy atom. The summed E-state index contributed by atoms with van der Waals surface area (Å²) < 4.78 is 0. The van der Waals surface area contributed by atoms with Crippen molar-refractivity contribution >= 4 is 5.97 Å². The van der Waals surface area contributed by atoms with Gasteiger partial charge in [0.1, 0.15) is 6.20 Å². The number of aryl methyl sites for hydroxylation is 1. The molecule has 3 aromatic rings.